The second-order valence-corrected chi connectivity index (χ2v) is 9.86. The summed E-state index contributed by atoms with van der Waals surface area (Å²) in [5.41, 5.74) is 6.55. The Morgan fingerprint density at radius 1 is 1.05 bits per heavy atom. The number of aryl methyl sites for hydroxylation is 1. The van der Waals surface area contributed by atoms with E-state index in [1.165, 1.54) is 4.90 Å². The lowest BCUT2D eigenvalue weighted by Gasteiger charge is -2.33. The predicted molar refractivity (Wildman–Crippen MR) is 145 cm³/mol. The van der Waals surface area contributed by atoms with Gasteiger partial charge in [0.05, 0.1) is 7.11 Å². The minimum absolute atomic E-state index is 0.0510. The van der Waals surface area contributed by atoms with Gasteiger partial charge in [-0.3, -0.25) is 14.4 Å². The first-order chi connectivity index (χ1) is 17.8. The van der Waals surface area contributed by atoms with E-state index in [1.807, 2.05) is 19.1 Å². The lowest BCUT2D eigenvalue weighted by atomic mass is 10.00. The molecule has 2 atom stereocenters. The first-order valence-electron chi connectivity index (χ1n) is 12.4. The van der Waals surface area contributed by atoms with Gasteiger partial charge in [0.15, 0.2) is 0 Å². The summed E-state index contributed by atoms with van der Waals surface area (Å²) >= 11 is 0. The fourth-order valence-corrected chi connectivity index (χ4v) is 3.86. The van der Waals surface area contributed by atoms with Crippen molar-refractivity contribution in [3.05, 3.63) is 59.7 Å². The van der Waals surface area contributed by atoms with E-state index in [9.17, 15) is 19.2 Å². The first-order valence-corrected chi connectivity index (χ1v) is 12.4. The number of alkyl carbamates (subject to hydrolysis) is 1. The molecule has 0 heterocycles. The first kappa shape index (κ1) is 30.1. The van der Waals surface area contributed by atoms with Gasteiger partial charge in [-0.25, -0.2) is 4.79 Å². The highest BCUT2D eigenvalue weighted by Gasteiger charge is 2.35. The average molecular weight is 527 g/mol. The van der Waals surface area contributed by atoms with Crippen LogP contribution in [0.5, 0.6) is 5.75 Å². The molecule has 4 amide bonds. The van der Waals surface area contributed by atoms with E-state index in [-0.39, 0.29) is 19.4 Å². The summed E-state index contributed by atoms with van der Waals surface area (Å²) in [5.74, 6) is -0.976. The van der Waals surface area contributed by atoms with Gasteiger partial charge in [0, 0.05) is 18.7 Å². The number of rotatable bonds is 11. The number of nitrogens with zero attached hydrogens (tertiary/aromatic N) is 1. The summed E-state index contributed by atoms with van der Waals surface area (Å²) in [6.07, 6.45) is -1.01. The van der Waals surface area contributed by atoms with Gasteiger partial charge >= 0.3 is 6.09 Å². The van der Waals surface area contributed by atoms with E-state index in [4.69, 9.17) is 15.2 Å². The second kappa shape index (κ2) is 13.5. The van der Waals surface area contributed by atoms with E-state index in [0.717, 1.165) is 5.56 Å². The molecule has 0 aliphatic heterocycles. The molecule has 0 aromatic heterocycles. The Balaban J connectivity index is 2.44. The number of hydrogen-bond donors (Lipinski definition) is 3. The van der Waals surface area contributed by atoms with E-state index >= 15 is 0 Å². The molecule has 2 aromatic carbocycles. The third kappa shape index (κ3) is 9.10. The number of carbonyl (C=O) groups is 4. The molecule has 0 spiro atoms. The highest BCUT2D eigenvalue weighted by atomic mass is 16.6. The van der Waals surface area contributed by atoms with Crippen LogP contribution in [0, 0.1) is 6.92 Å². The maximum atomic E-state index is 13.8. The van der Waals surface area contributed by atoms with Crippen molar-refractivity contribution in [1.82, 2.24) is 10.2 Å². The van der Waals surface area contributed by atoms with Crippen molar-refractivity contribution >= 4 is 29.5 Å². The molecular formula is C28H38N4O6. The highest BCUT2D eigenvalue weighted by molar-refractivity contribution is 5.99. The molecule has 2 unspecified atom stereocenters. The normalized spacial score (nSPS) is 12.6. The van der Waals surface area contributed by atoms with Gasteiger partial charge in [-0.2, -0.15) is 0 Å². The van der Waals surface area contributed by atoms with Crippen LogP contribution in [0.25, 0.3) is 0 Å². The molecule has 10 nitrogen and oxygen atoms in total. The standard InChI is InChI=1S/C28H38N4O6/c1-7-32(26(35)22(15-16-23(29)33)31-27(36)38-28(3,4)5)24(19-10-8-9-18(2)17-19)25(34)30-20-11-13-21(37-6)14-12-20/h8-14,17,22,24H,7,15-16H2,1-6H3,(H2,29,33)(H,30,34)(H,31,36). The zero-order chi connectivity index (χ0) is 28.5. The van der Waals surface area contributed by atoms with Crippen LogP contribution >= 0.6 is 0 Å². The number of amides is 4. The SMILES string of the molecule is CCN(C(=O)C(CCC(N)=O)NC(=O)OC(C)(C)C)C(C(=O)Nc1ccc(OC)cc1)c1cccc(C)c1. The molecular weight excluding hydrogens is 488 g/mol. The van der Waals surface area contributed by atoms with Crippen LogP contribution in [-0.2, 0) is 19.1 Å². The third-order valence-electron chi connectivity index (χ3n) is 5.57. The molecule has 2 aromatic rings. The number of benzene rings is 2. The van der Waals surface area contributed by atoms with Gasteiger partial charge in [-0.1, -0.05) is 29.8 Å². The van der Waals surface area contributed by atoms with Gasteiger partial charge < -0.3 is 30.7 Å². The fraction of sp³-hybridized carbons (Fsp3) is 0.429. The zero-order valence-corrected chi connectivity index (χ0v) is 22.9. The summed E-state index contributed by atoms with van der Waals surface area (Å²) in [6.45, 7) is 8.86. The number of ether oxygens (including phenoxy) is 2. The number of methoxy groups -OCH3 is 1. The number of likely N-dealkylation sites (N-methyl/N-ethyl adjacent to an activating group) is 1. The maximum Gasteiger partial charge on any atom is 0.408 e. The number of nitrogens with two attached hydrogens (primary N) is 1. The zero-order valence-electron chi connectivity index (χ0n) is 22.9. The molecule has 2 rings (SSSR count). The van der Waals surface area contributed by atoms with Crippen molar-refractivity contribution in [2.75, 3.05) is 19.0 Å². The molecule has 206 valence electrons. The van der Waals surface area contributed by atoms with Crippen molar-refractivity contribution in [2.24, 2.45) is 5.73 Å². The Kier molecular flexibility index (Phi) is 10.7. The van der Waals surface area contributed by atoms with E-state index in [0.29, 0.717) is 17.0 Å². The largest absolute Gasteiger partial charge is 0.497 e. The summed E-state index contributed by atoms with van der Waals surface area (Å²) in [6, 6.07) is 11.9. The van der Waals surface area contributed by atoms with Crippen LogP contribution in [0.1, 0.15) is 57.7 Å². The van der Waals surface area contributed by atoms with Gasteiger partial charge in [0.2, 0.25) is 11.8 Å². The monoisotopic (exact) mass is 526 g/mol. The summed E-state index contributed by atoms with van der Waals surface area (Å²) in [7, 11) is 1.55. The van der Waals surface area contributed by atoms with Gasteiger partial charge in [-0.05, 0) is 70.9 Å². The number of primary amides is 1. The lowest BCUT2D eigenvalue weighted by Crippen LogP contribution is -2.52. The Bertz CT molecular complexity index is 1130. The van der Waals surface area contributed by atoms with Crippen LogP contribution in [0.4, 0.5) is 10.5 Å². The molecule has 0 bridgehead atoms. The predicted octanol–water partition coefficient (Wildman–Crippen LogP) is 3.69. The summed E-state index contributed by atoms with van der Waals surface area (Å²) in [5, 5.41) is 5.42. The van der Waals surface area contributed by atoms with E-state index < -0.39 is 41.5 Å². The van der Waals surface area contributed by atoms with Crippen LogP contribution in [-0.4, -0.2) is 54.0 Å². The number of carbonyl (C=O) groups excluding carboxylic acids is 4. The summed E-state index contributed by atoms with van der Waals surface area (Å²) < 4.78 is 10.5. The smallest absolute Gasteiger partial charge is 0.408 e. The van der Waals surface area contributed by atoms with Gasteiger partial charge in [-0.15, -0.1) is 0 Å². The van der Waals surface area contributed by atoms with Gasteiger partial charge in [0.25, 0.3) is 5.91 Å². The van der Waals surface area contributed by atoms with E-state index in [1.54, 1.807) is 71.2 Å². The van der Waals surface area contributed by atoms with Crippen LogP contribution < -0.4 is 21.1 Å². The Morgan fingerprint density at radius 3 is 2.24 bits per heavy atom. The molecule has 0 radical (unpaired) electrons. The number of nitrogens with one attached hydrogen (secondary N) is 2. The Labute approximate surface area is 223 Å². The number of hydrogen-bond acceptors (Lipinski definition) is 6. The summed E-state index contributed by atoms with van der Waals surface area (Å²) in [4.78, 5) is 52.9. The van der Waals surface area contributed by atoms with Crippen LogP contribution in [0.2, 0.25) is 0 Å². The van der Waals surface area contributed by atoms with Crippen molar-refractivity contribution in [1.29, 1.82) is 0 Å². The molecule has 10 heteroatoms. The van der Waals surface area contributed by atoms with Crippen molar-refractivity contribution in [3.63, 3.8) is 0 Å². The molecule has 0 saturated carbocycles. The molecule has 4 N–H and O–H groups in total. The average Bonchev–Trinajstić information content (AvgIpc) is 2.83. The quantitative estimate of drug-likeness (QED) is 0.408. The van der Waals surface area contributed by atoms with Crippen molar-refractivity contribution in [3.8, 4) is 5.75 Å². The topological polar surface area (TPSA) is 140 Å². The molecule has 38 heavy (non-hydrogen) atoms. The third-order valence-corrected chi connectivity index (χ3v) is 5.57. The molecule has 0 aliphatic carbocycles. The molecule has 0 saturated heterocycles. The van der Waals surface area contributed by atoms with Crippen LogP contribution in [0.15, 0.2) is 48.5 Å². The second-order valence-electron chi connectivity index (χ2n) is 9.86. The van der Waals surface area contributed by atoms with Crippen LogP contribution in [0.3, 0.4) is 0 Å². The van der Waals surface area contributed by atoms with Crippen molar-refractivity contribution < 1.29 is 28.7 Å². The van der Waals surface area contributed by atoms with Gasteiger partial charge in [0.1, 0.15) is 23.4 Å². The highest BCUT2D eigenvalue weighted by Crippen LogP contribution is 2.26. The number of anilines is 1. The van der Waals surface area contributed by atoms with E-state index in [2.05, 4.69) is 10.6 Å². The maximum absolute atomic E-state index is 13.8. The Morgan fingerprint density at radius 2 is 1.71 bits per heavy atom. The lowest BCUT2D eigenvalue weighted by molar-refractivity contribution is -0.140. The van der Waals surface area contributed by atoms with Crippen molar-refractivity contribution in [2.45, 2.75) is 65.1 Å². The minimum Gasteiger partial charge on any atom is -0.497 e. The molecule has 0 aliphatic rings. The molecule has 0 fully saturated rings. The fourth-order valence-electron chi connectivity index (χ4n) is 3.86. The Hall–Kier alpha value is -4.08. The minimum atomic E-state index is -1.14.